The van der Waals surface area contributed by atoms with E-state index in [1.54, 1.807) is 11.6 Å². The minimum absolute atomic E-state index is 0.112. The molecule has 0 amide bonds. The minimum Gasteiger partial charge on any atom is -0.378 e. The fraction of sp³-hybridized carbons (Fsp3) is 0.727. The van der Waals surface area contributed by atoms with E-state index < -0.39 is 0 Å². The van der Waals surface area contributed by atoms with Crippen molar-refractivity contribution in [2.45, 2.75) is 25.4 Å². The molecule has 1 aromatic heterocycles. The van der Waals surface area contributed by atoms with E-state index in [2.05, 4.69) is 10.00 Å². The van der Waals surface area contributed by atoms with Gasteiger partial charge in [0.15, 0.2) is 0 Å². The third-order valence-corrected chi connectivity index (χ3v) is 3.89. The maximum Gasteiger partial charge on any atom is 0.309 e. The minimum atomic E-state index is -0.370. The summed E-state index contributed by atoms with van der Waals surface area (Å²) < 4.78 is 7.00. The molecule has 2 saturated heterocycles. The highest BCUT2D eigenvalue weighted by Gasteiger charge is 2.34. The van der Waals surface area contributed by atoms with Crippen LogP contribution in [-0.2, 0) is 4.74 Å². The second-order valence-corrected chi connectivity index (χ2v) is 4.95. The van der Waals surface area contributed by atoms with Gasteiger partial charge < -0.3 is 4.74 Å². The molecule has 0 aromatic carbocycles. The van der Waals surface area contributed by atoms with Gasteiger partial charge in [-0.05, 0) is 13.3 Å². The lowest BCUT2D eigenvalue weighted by Gasteiger charge is -2.34. The molecule has 2 fully saturated rings. The van der Waals surface area contributed by atoms with Gasteiger partial charge in [-0.15, -0.1) is 0 Å². The zero-order chi connectivity index (χ0) is 12.7. The first-order chi connectivity index (χ1) is 8.66. The van der Waals surface area contributed by atoms with Crippen LogP contribution in [0.2, 0.25) is 0 Å². The van der Waals surface area contributed by atoms with Crippen molar-refractivity contribution in [3.63, 3.8) is 0 Å². The summed E-state index contributed by atoms with van der Waals surface area (Å²) in [5.74, 6) is 0. The van der Waals surface area contributed by atoms with Crippen LogP contribution in [0.5, 0.6) is 0 Å². The van der Waals surface area contributed by atoms with Crippen LogP contribution >= 0.6 is 0 Å². The Balaban J connectivity index is 1.74. The summed E-state index contributed by atoms with van der Waals surface area (Å²) in [6.07, 6.45) is 2.35. The van der Waals surface area contributed by atoms with Crippen molar-refractivity contribution in [3.05, 3.63) is 22.0 Å². The van der Waals surface area contributed by atoms with Gasteiger partial charge in [0.1, 0.15) is 11.9 Å². The molecule has 0 bridgehead atoms. The Morgan fingerprint density at radius 2 is 2.28 bits per heavy atom. The van der Waals surface area contributed by atoms with Crippen LogP contribution in [0.25, 0.3) is 0 Å². The van der Waals surface area contributed by atoms with Crippen LogP contribution in [-0.4, -0.2) is 51.9 Å². The number of hydrogen-bond donors (Lipinski definition) is 0. The van der Waals surface area contributed by atoms with E-state index in [0.29, 0.717) is 11.7 Å². The van der Waals surface area contributed by atoms with Crippen molar-refractivity contribution in [1.29, 1.82) is 0 Å². The predicted octanol–water partition coefficient (Wildman–Crippen LogP) is 0.745. The van der Waals surface area contributed by atoms with Crippen LogP contribution in [0, 0.1) is 17.0 Å². The first kappa shape index (κ1) is 11.6. The quantitative estimate of drug-likeness (QED) is 0.586. The molecular formula is C11H16N4O3. The molecule has 0 spiro atoms. The fourth-order valence-corrected chi connectivity index (χ4v) is 2.70. The lowest BCUT2D eigenvalue weighted by molar-refractivity contribution is -0.385. The monoisotopic (exact) mass is 252 g/mol. The molecule has 98 valence electrons. The second-order valence-electron chi connectivity index (χ2n) is 4.95. The van der Waals surface area contributed by atoms with Crippen molar-refractivity contribution in [1.82, 2.24) is 14.7 Å². The number of nitrogens with zero attached hydrogens (tertiary/aromatic N) is 4. The van der Waals surface area contributed by atoms with Gasteiger partial charge in [-0.3, -0.25) is 19.7 Å². The van der Waals surface area contributed by atoms with Crippen LogP contribution in [0.4, 0.5) is 5.69 Å². The molecule has 0 radical (unpaired) electrons. The number of rotatable bonds is 3. The summed E-state index contributed by atoms with van der Waals surface area (Å²) in [6.45, 7) is 5.32. The number of likely N-dealkylation sites (tertiary alicyclic amines) is 1. The summed E-state index contributed by atoms with van der Waals surface area (Å²) in [7, 11) is 0. The van der Waals surface area contributed by atoms with Crippen molar-refractivity contribution >= 4 is 5.69 Å². The standard InChI is InChI=1S/C11H16N4O3/c1-8-11(15(16)17)4-12-14(8)9-2-3-13(5-9)10-6-18-7-10/h4,9-10H,2-3,5-7H2,1H3. The van der Waals surface area contributed by atoms with E-state index in [0.717, 1.165) is 32.7 Å². The Morgan fingerprint density at radius 1 is 1.50 bits per heavy atom. The average molecular weight is 252 g/mol. The van der Waals surface area contributed by atoms with Crippen molar-refractivity contribution < 1.29 is 9.66 Å². The van der Waals surface area contributed by atoms with E-state index in [1.165, 1.54) is 6.20 Å². The van der Waals surface area contributed by atoms with E-state index in [-0.39, 0.29) is 16.7 Å². The molecule has 2 aliphatic heterocycles. The molecule has 7 heteroatoms. The lowest BCUT2D eigenvalue weighted by atomic mass is 10.2. The molecular weight excluding hydrogens is 236 g/mol. The Kier molecular flexibility index (Phi) is 2.79. The summed E-state index contributed by atoms with van der Waals surface area (Å²) >= 11 is 0. The molecule has 0 aliphatic carbocycles. The molecule has 7 nitrogen and oxygen atoms in total. The van der Waals surface area contributed by atoms with Gasteiger partial charge in [-0.1, -0.05) is 0 Å². The van der Waals surface area contributed by atoms with Crippen LogP contribution < -0.4 is 0 Å². The van der Waals surface area contributed by atoms with E-state index >= 15 is 0 Å². The highest BCUT2D eigenvalue weighted by atomic mass is 16.6. The third kappa shape index (κ3) is 1.79. The van der Waals surface area contributed by atoms with Gasteiger partial charge in [-0.25, -0.2) is 0 Å². The third-order valence-electron chi connectivity index (χ3n) is 3.89. The van der Waals surface area contributed by atoms with Gasteiger partial charge in [0, 0.05) is 13.1 Å². The largest absolute Gasteiger partial charge is 0.378 e. The maximum absolute atomic E-state index is 10.8. The summed E-state index contributed by atoms with van der Waals surface area (Å²) in [5.41, 5.74) is 0.761. The average Bonchev–Trinajstić information content (AvgIpc) is 2.82. The van der Waals surface area contributed by atoms with Crippen LogP contribution in [0.3, 0.4) is 0 Å². The molecule has 18 heavy (non-hydrogen) atoms. The molecule has 1 aromatic rings. The van der Waals surface area contributed by atoms with E-state index in [1.807, 2.05) is 0 Å². The second kappa shape index (κ2) is 4.33. The van der Waals surface area contributed by atoms with Crippen LogP contribution in [0.15, 0.2) is 6.20 Å². The van der Waals surface area contributed by atoms with Gasteiger partial charge in [0.2, 0.25) is 0 Å². The molecule has 1 atom stereocenters. The number of nitro groups is 1. The SMILES string of the molecule is Cc1c([N+](=O)[O-])cnn1C1CCN(C2COC2)C1. The Labute approximate surface area is 104 Å². The van der Waals surface area contributed by atoms with Crippen LogP contribution in [0.1, 0.15) is 18.2 Å². The van der Waals surface area contributed by atoms with E-state index in [9.17, 15) is 10.1 Å². The summed E-state index contributed by atoms with van der Waals surface area (Å²) in [4.78, 5) is 12.8. The molecule has 2 aliphatic rings. The molecule has 1 unspecified atom stereocenters. The zero-order valence-electron chi connectivity index (χ0n) is 10.3. The first-order valence-electron chi connectivity index (χ1n) is 6.17. The van der Waals surface area contributed by atoms with Crippen molar-refractivity contribution in [3.8, 4) is 0 Å². The van der Waals surface area contributed by atoms with Gasteiger partial charge in [-0.2, -0.15) is 5.10 Å². The first-order valence-corrected chi connectivity index (χ1v) is 6.17. The van der Waals surface area contributed by atoms with Crippen molar-refractivity contribution in [2.75, 3.05) is 26.3 Å². The Bertz CT molecular complexity index is 469. The maximum atomic E-state index is 10.8. The topological polar surface area (TPSA) is 73.4 Å². The number of hydrogen-bond acceptors (Lipinski definition) is 5. The predicted molar refractivity (Wildman–Crippen MR) is 63.5 cm³/mol. The zero-order valence-corrected chi connectivity index (χ0v) is 10.3. The normalized spacial score (nSPS) is 25.3. The fourth-order valence-electron chi connectivity index (χ4n) is 2.70. The molecule has 0 N–H and O–H groups in total. The highest BCUT2D eigenvalue weighted by molar-refractivity contribution is 5.32. The van der Waals surface area contributed by atoms with Gasteiger partial charge in [0.05, 0.1) is 30.2 Å². The van der Waals surface area contributed by atoms with E-state index in [4.69, 9.17) is 4.74 Å². The highest BCUT2D eigenvalue weighted by Crippen LogP contribution is 2.28. The number of aromatic nitrogens is 2. The molecule has 3 heterocycles. The number of ether oxygens (including phenoxy) is 1. The van der Waals surface area contributed by atoms with Gasteiger partial charge >= 0.3 is 5.69 Å². The van der Waals surface area contributed by atoms with Gasteiger partial charge in [0.25, 0.3) is 0 Å². The van der Waals surface area contributed by atoms with Crippen molar-refractivity contribution in [2.24, 2.45) is 0 Å². The Hall–Kier alpha value is -1.47. The summed E-state index contributed by atoms with van der Waals surface area (Å²) in [6, 6.07) is 0.778. The molecule has 0 saturated carbocycles. The smallest absolute Gasteiger partial charge is 0.309 e. The Morgan fingerprint density at radius 3 is 2.83 bits per heavy atom. The molecule has 3 rings (SSSR count). The summed E-state index contributed by atoms with van der Waals surface area (Å²) in [5, 5.41) is 15.0. The lowest BCUT2D eigenvalue weighted by Crippen LogP contribution is -2.47.